The maximum Gasteiger partial charge on any atom is 0.337 e. The van der Waals surface area contributed by atoms with Crippen molar-refractivity contribution in [2.75, 3.05) is 5.32 Å². The van der Waals surface area contributed by atoms with Crippen molar-refractivity contribution in [3.63, 3.8) is 0 Å². The molecule has 1 aliphatic rings. The van der Waals surface area contributed by atoms with Crippen molar-refractivity contribution in [1.29, 1.82) is 0 Å². The second kappa shape index (κ2) is 6.69. The SMILES string of the molecule is Cc1ccc(C(=O)O)c(Nc2nc(O)c(/C=C3\C=Nc4ccccc43)s2)c1. The van der Waals surface area contributed by atoms with Gasteiger partial charge in [-0.05, 0) is 36.8 Å². The lowest BCUT2D eigenvalue weighted by Gasteiger charge is -2.07. The van der Waals surface area contributed by atoms with Crippen LogP contribution in [-0.4, -0.2) is 27.4 Å². The number of benzene rings is 2. The van der Waals surface area contributed by atoms with Crippen molar-refractivity contribution < 1.29 is 15.0 Å². The number of thiazole rings is 1. The quantitative estimate of drug-likeness (QED) is 0.604. The van der Waals surface area contributed by atoms with E-state index in [0.29, 0.717) is 15.7 Å². The molecule has 0 spiro atoms. The van der Waals surface area contributed by atoms with Crippen LogP contribution in [0.15, 0.2) is 47.5 Å². The molecule has 0 unspecified atom stereocenters. The Hall–Kier alpha value is -3.45. The summed E-state index contributed by atoms with van der Waals surface area (Å²) >= 11 is 1.24. The Balaban J connectivity index is 1.66. The molecule has 0 saturated heterocycles. The topological polar surface area (TPSA) is 94.8 Å². The third-order valence-corrected chi connectivity index (χ3v) is 5.03. The van der Waals surface area contributed by atoms with Gasteiger partial charge in [0.2, 0.25) is 5.88 Å². The third-order valence-electron chi connectivity index (χ3n) is 4.13. The summed E-state index contributed by atoms with van der Waals surface area (Å²) in [4.78, 5) is 20.4. The molecule has 0 amide bonds. The number of allylic oxidation sites excluding steroid dienone is 1. The lowest BCUT2D eigenvalue weighted by atomic mass is 10.1. The molecule has 6 nitrogen and oxygen atoms in total. The van der Waals surface area contributed by atoms with Crippen LogP contribution in [0.25, 0.3) is 11.6 Å². The highest BCUT2D eigenvalue weighted by Crippen LogP contribution is 2.37. The Kier molecular flexibility index (Phi) is 4.21. The molecule has 3 N–H and O–H groups in total. The molecule has 0 radical (unpaired) electrons. The number of hydrogen-bond acceptors (Lipinski definition) is 6. The number of carbonyl (C=O) groups is 1. The summed E-state index contributed by atoms with van der Waals surface area (Å²) in [5.41, 5.74) is 4.26. The molecule has 0 atom stereocenters. The van der Waals surface area contributed by atoms with Crippen LogP contribution in [-0.2, 0) is 0 Å². The average molecular weight is 377 g/mol. The number of aliphatic imine (C=N–C) groups is 1. The van der Waals surface area contributed by atoms with Crippen molar-refractivity contribution in [3.05, 3.63) is 64.0 Å². The predicted octanol–water partition coefficient (Wildman–Crippen LogP) is 4.86. The van der Waals surface area contributed by atoms with Gasteiger partial charge in [0.25, 0.3) is 0 Å². The van der Waals surface area contributed by atoms with Gasteiger partial charge in [-0.3, -0.25) is 4.99 Å². The van der Waals surface area contributed by atoms with Crippen molar-refractivity contribution in [2.24, 2.45) is 4.99 Å². The highest BCUT2D eigenvalue weighted by Gasteiger charge is 2.16. The largest absolute Gasteiger partial charge is 0.492 e. The number of aromatic nitrogens is 1. The molecule has 4 rings (SSSR count). The number of aryl methyl sites for hydroxylation is 1. The highest BCUT2D eigenvalue weighted by molar-refractivity contribution is 7.16. The van der Waals surface area contributed by atoms with Crippen LogP contribution in [0.1, 0.15) is 26.4 Å². The van der Waals surface area contributed by atoms with Crippen molar-refractivity contribution in [2.45, 2.75) is 6.92 Å². The molecular formula is C20H15N3O3S. The first kappa shape index (κ1) is 17.0. The molecule has 7 heteroatoms. The summed E-state index contributed by atoms with van der Waals surface area (Å²) in [5, 5.41) is 23.0. The minimum atomic E-state index is -1.03. The summed E-state index contributed by atoms with van der Waals surface area (Å²) in [5.74, 6) is -1.14. The van der Waals surface area contributed by atoms with E-state index >= 15 is 0 Å². The third kappa shape index (κ3) is 3.32. The van der Waals surface area contributed by atoms with Gasteiger partial charge in [-0.1, -0.05) is 35.6 Å². The zero-order chi connectivity index (χ0) is 19.0. The van der Waals surface area contributed by atoms with Gasteiger partial charge in [0.05, 0.1) is 21.8 Å². The number of aromatic hydroxyl groups is 1. The first-order valence-corrected chi connectivity index (χ1v) is 8.99. The molecular weight excluding hydrogens is 362 g/mol. The molecule has 134 valence electrons. The van der Waals surface area contributed by atoms with Crippen molar-refractivity contribution in [3.8, 4) is 5.88 Å². The number of hydrogen-bond donors (Lipinski definition) is 3. The summed E-state index contributed by atoms with van der Waals surface area (Å²) in [6.07, 6.45) is 3.57. The minimum absolute atomic E-state index is 0.114. The lowest BCUT2D eigenvalue weighted by molar-refractivity contribution is 0.0698. The second-order valence-corrected chi connectivity index (χ2v) is 7.09. The first-order chi connectivity index (χ1) is 13.0. The fourth-order valence-corrected chi connectivity index (χ4v) is 3.65. The van der Waals surface area contributed by atoms with E-state index in [1.807, 2.05) is 37.3 Å². The van der Waals surface area contributed by atoms with Crippen LogP contribution in [0.3, 0.4) is 0 Å². The van der Waals surface area contributed by atoms with Crippen molar-refractivity contribution >= 4 is 51.7 Å². The molecule has 1 aliphatic heterocycles. The number of carboxylic acid groups (broad SMARTS) is 1. The maximum absolute atomic E-state index is 11.4. The van der Waals surface area contributed by atoms with E-state index in [-0.39, 0.29) is 11.4 Å². The van der Waals surface area contributed by atoms with Gasteiger partial charge in [0.1, 0.15) is 0 Å². The fourth-order valence-electron chi connectivity index (χ4n) is 2.83. The van der Waals surface area contributed by atoms with Crippen molar-refractivity contribution in [1.82, 2.24) is 4.98 Å². The van der Waals surface area contributed by atoms with E-state index in [1.54, 1.807) is 24.4 Å². The molecule has 0 saturated carbocycles. The van der Waals surface area contributed by atoms with Crippen LogP contribution >= 0.6 is 11.3 Å². The summed E-state index contributed by atoms with van der Waals surface area (Å²) < 4.78 is 0. The summed E-state index contributed by atoms with van der Waals surface area (Å²) in [7, 11) is 0. The molecule has 1 aromatic heterocycles. The van der Waals surface area contributed by atoms with Crippen LogP contribution in [0.5, 0.6) is 5.88 Å². The minimum Gasteiger partial charge on any atom is -0.492 e. The Bertz CT molecular complexity index is 1120. The molecule has 2 heterocycles. The number of rotatable bonds is 4. The number of para-hydroxylation sites is 1. The molecule has 0 aliphatic carbocycles. The molecule has 0 bridgehead atoms. The van der Waals surface area contributed by atoms with Gasteiger partial charge >= 0.3 is 5.97 Å². The van der Waals surface area contributed by atoms with Crippen LogP contribution < -0.4 is 5.32 Å². The Morgan fingerprint density at radius 2 is 2.04 bits per heavy atom. The number of anilines is 2. The lowest BCUT2D eigenvalue weighted by Crippen LogP contribution is -2.02. The highest BCUT2D eigenvalue weighted by atomic mass is 32.1. The van der Waals surface area contributed by atoms with Gasteiger partial charge < -0.3 is 15.5 Å². The number of nitrogens with one attached hydrogen (secondary N) is 1. The number of carboxylic acids is 1. The average Bonchev–Trinajstić information content (AvgIpc) is 3.19. The van der Waals surface area contributed by atoms with Crippen LogP contribution in [0.4, 0.5) is 16.5 Å². The molecule has 27 heavy (non-hydrogen) atoms. The van der Waals surface area contributed by atoms with E-state index in [0.717, 1.165) is 22.4 Å². The smallest absolute Gasteiger partial charge is 0.337 e. The molecule has 0 fully saturated rings. The van der Waals surface area contributed by atoms with E-state index in [1.165, 1.54) is 11.3 Å². The van der Waals surface area contributed by atoms with Gasteiger partial charge in [-0.25, -0.2) is 4.79 Å². The molecule has 3 aromatic rings. The van der Waals surface area contributed by atoms with Crippen LogP contribution in [0.2, 0.25) is 0 Å². The van der Waals surface area contributed by atoms with E-state index in [4.69, 9.17) is 0 Å². The van der Waals surface area contributed by atoms with E-state index < -0.39 is 5.97 Å². The van der Waals surface area contributed by atoms with E-state index in [9.17, 15) is 15.0 Å². The summed E-state index contributed by atoms with van der Waals surface area (Å²) in [6, 6.07) is 12.8. The second-order valence-electron chi connectivity index (χ2n) is 6.06. The zero-order valence-electron chi connectivity index (χ0n) is 14.3. The van der Waals surface area contributed by atoms with Gasteiger partial charge in [0.15, 0.2) is 5.13 Å². The Labute approximate surface area is 159 Å². The predicted molar refractivity (Wildman–Crippen MR) is 108 cm³/mol. The van der Waals surface area contributed by atoms with E-state index in [2.05, 4.69) is 15.3 Å². The number of fused-ring (bicyclic) bond motifs is 1. The Morgan fingerprint density at radius 3 is 2.85 bits per heavy atom. The fraction of sp³-hybridized carbons (Fsp3) is 0.0500. The molecule has 2 aromatic carbocycles. The maximum atomic E-state index is 11.4. The number of nitrogens with zero attached hydrogens (tertiary/aromatic N) is 2. The normalized spacial score (nSPS) is 13.7. The zero-order valence-corrected chi connectivity index (χ0v) is 15.1. The number of aromatic carboxylic acids is 1. The van der Waals surface area contributed by atoms with Gasteiger partial charge in [-0.2, -0.15) is 4.98 Å². The van der Waals surface area contributed by atoms with Gasteiger partial charge in [0, 0.05) is 17.4 Å². The van der Waals surface area contributed by atoms with Gasteiger partial charge in [-0.15, -0.1) is 0 Å². The Morgan fingerprint density at radius 1 is 1.22 bits per heavy atom. The first-order valence-electron chi connectivity index (χ1n) is 8.17. The summed E-state index contributed by atoms with van der Waals surface area (Å²) in [6.45, 7) is 1.88. The van der Waals surface area contributed by atoms with Crippen LogP contribution in [0, 0.1) is 6.92 Å². The standard InChI is InChI=1S/C20H15N3O3S/c1-11-6-7-14(19(25)26)16(8-11)22-20-23-18(24)17(27-20)9-12-10-21-15-5-3-2-4-13(12)15/h2-10,24H,1H3,(H,22,23)(H,25,26)/b12-9+. The monoisotopic (exact) mass is 377 g/mol.